The van der Waals surface area contributed by atoms with Crippen molar-refractivity contribution in [2.24, 2.45) is 0 Å². The standard InChI is InChI=1S/C8H9BrN2O2/c1-2-3-6-10-4-5(9)7(11-6)8(12)13/h4H,2-3H2,1H3,(H,12,13). The fourth-order valence-electron chi connectivity index (χ4n) is 0.898. The van der Waals surface area contributed by atoms with Crippen LogP contribution in [-0.2, 0) is 6.42 Å². The Balaban J connectivity index is 3.04. The second-order valence-corrected chi connectivity index (χ2v) is 3.39. The summed E-state index contributed by atoms with van der Waals surface area (Å²) in [5.74, 6) is -0.463. The number of carboxylic acids is 1. The highest BCUT2D eigenvalue weighted by Gasteiger charge is 2.11. The van der Waals surface area contributed by atoms with Crippen LogP contribution >= 0.6 is 15.9 Å². The predicted octanol–water partition coefficient (Wildman–Crippen LogP) is 1.89. The van der Waals surface area contributed by atoms with Gasteiger partial charge < -0.3 is 5.11 Å². The highest BCUT2D eigenvalue weighted by atomic mass is 79.9. The molecular weight excluding hydrogens is 236 g/mol. The van der Waals surface area contributed by atoms with Gasteiger partial charge in [0, 0.05) is 12.6 Å². The van der Waals surface area contributed by atoms with Crippen LogP contribution in [0.1, 0.15) is 29.7 Å². The minimum atomic E-state index is -1.04. The highest BCUT2D eigenvalue weighted by Crippen LogP contribution is 2.13. The quantitative estimate of drug-likeness (QED) is 0.883. The van der Waals surface area contributed by atoms with E-state index in [1.165, 1.54) is 6.20 Å². The van der Waals surface area contributed by atoms with Crippen molar-refractivity contribution < 1.29 is 9.90 Å². The van der Waals surface area contributed by atoms with Gasteiger partial charge in [-0.15, -0.1) is 0 Å². The summed E-state index contributed by atoms with van der Waals surface area (Å²) in [5.41, 5.74) is 0.0263. The molecule has 0 amide bonds. The molecule has 0 bridgehead atoms. The Morgan fingerprint density at radius 2 is 2.38 bits per heavy atom. The number of carboxylic acid groups (broad SMARTS) is 1. The van der Waals surface area contributed by atoms with Crippen molar-refractivity contribution in [3.05, 3.63) is 22.2 Å². The molecule has 0 spiro atoms. The lowest BCUT2D eigenvalue weighted by atomic mass is 10.3. The minimum absolute atomic E-state index is 0.0263. The smallest absolute Gasteiger partial charge is 0.355 e. The predicted molar refractivity (Wildman–Crippen MR) is 50.7 cm³/mol. The number of rotatable bonds is 3. The van der Waals surface area contributed by atoms with Gasteiger partial charge in [-0.2, -0.15) is 0 Å². The summed E-state index contributed by atoms with van der Waals surface area (Å²) in [7, 11) is 0. The monoisotopic (exact) mass is 244 g/mol. The number of aryl methyl sites for hydroxylation is 1. The molecule has 1 heterocycles. The maximum atomic E-state index is 10.7. The van der Waals surface area contributed by atoms with Crippen LogP contribution in [-0.4, -0.2) is 21.0 Å². The molecule has 0 aliphatic heterocycles. The molecule has 70 valence electrons. The van der Waals surface area contributed by atoms with E-state index in [-0.39, 0.29) is 5.69 Å². The maximum absolute atomic E-state index is 10.7. The first-order valence-corrected chi connectivity index (χ1v) is 4.69. The van der Waals surface area contributed by atoms with Gasteiger partial charge in [0.15, 0.2) is 5.69 Å². The van der Waals surface area contributed by atoms with Crippen LogP contribution in [0.5, 0.6) is 0 Å². The van der Waals surface area contributed by atoms with Crippen LogP contribution in [0.2, 0.25) is 0 Å². The normalized spacial score (nSPS) is 10.0. The average Bonchev–Trinajstić information content (AvgIpc) is 2.08. The summed E-state index contributed by atoms with van der Waals surface area (Å²) in [6, 6.07) is 0. The van der Waals surface area contributed by atoms with Crippen molar-refractivity contribution in [1.82, 2.24) is 9.97 Å². The number of carbonyl (C=O) groups is 1. The number of halogens is 1. The van der Waals surface area contributed by atoms with Crippen molar-refractivity contribution in [2.45, 2.75) is 19.8 Å². The van der Waals surface area contributed by atoms with Crippen LogP contribution in [0.3, 0.4) is 0 Å². The molecule has 1 rings (SSSR count). The van der Waals surface area contributed by atoms with Gasteiger partial charge in [0.05, 0.1) is 4.47 Å². The van der Waals surface area contributed by atoms with Gasteiger partial charge >= 0.3 is 5.97 Å². The lowest BCUT2D eigenvalue weighted by molar-refractivity contribution is 0.0688. The highest BCUT2D eigenvalue weighted by molar-refractivity contribution is 9.10. The Bertz CT molecular complexity index is 328. The van der Waals surface area contributed by atoms with Crippen LogP contribution in [0, 0.1) is 0 Å². The van der Waals surface area contributed by atoms with Gasteiger partial charge in [-0.25, -0.2) is 14.8 Å². The lowest BCUT2D eigenvalue weighted by Crippen LogP contribution is -2.06. The first kappa shape index (κ1) is 10.1. The molecule has 0 atom stereocenters. The molecule has 5 heteroatoms. The van der Waals surface area contributed by atoms with E-state index in [0.29, 0.717) is 16.7 Å². The van der Waals surface area contributed by atoms with Crippen LogP contribution < -0.4 is 0 Å². The van der Waals surface area contributed by atoms with Crippen molar-refractivity contribution in [3.8, 4) is 0 Å². The number of aromatic carboxylic acids is 1. The third-order valence-electron chi connectivity index (χ3n) is 1.47. The topological polar surface area (TPSA) is 63.1 Å². The SMILES string of the molecule is CCCc1ncc(Br)c(C(=O)O)n1. The Kier molecular flexibility index (Phi) is 3.36. The second kappa shape index (κ2) is 4.32. The molecule has 0 saturated heterocycles. The number of hydrogen-bond acceptors (Lipinski definition) is 3. The van der Waals surface area contributed by atoms with E-state index in [1.807, 2.05) is 6.92 Å². The van der Waals surface area contributed by atoms with Crippen molar-refractivity contribution in [1.29, 1.82) is 0 Å². The first-order chi connectivity index (χ1) is 6.15. The van der Waals surface area contributed by atoms with Crippen molar-refractivity contribution >= 4 is 21.9 Å². The van der Waals surface area contributed by atoms with Crippen LogP contribution in [0.25, 0.3) is 0 Å². The average molecular weight is 245 g/mol. The van der Waals surface area contributed by atoms with E-state index >= 15 is 0 Å². The Morgan fingerprint density at radius 3 is 2.92 bits per heavy atom. The summed E-state index contributed by atoms with van der Waals surface area (Å²) in [6.07, 6.45) is 3.08. The van der Waals surface area contributed by atoms with Gasteiger partial charge in [0.25, 0.3) is 0 Å². The van der Waals surface area contributed by atoms with Gasteiger partial charge in [-0.05, 0) is 22.4 Å². The molecule has 0 saturated carbocycles. The number of nitrogens with zero attached hydrogens (tertiary/aromatic N) is 2. The summed E-state index contributed by atoms with van der Waals surface area (Å²) in [5, 5.41) is 8.74. The fourth-order valence-corrected chi connectivity index (χ4v) is 1.26. The molecule has 1 aromatic rings. The molecule has 0 aromatic carbocycles. The van der Waals surface area contributed by atoms with Crippen molar-refractivity contribution in [2.75, 3.05) is 0 Å². The van der Waals surface area contributed by atoms with E-state index < -0.39 is 5.97 Å². The lowest BCUT2D eigenvalue weighted by Gasteiger charge is -2.00. The van der Waals surface area contributed by atoms with E-state index in [1.54, 1.807) is 0 Å². The summed E-state index contributed by atoms with van der Waals surface area (Å²) < 4.78 is 0.417. The zero-order valence-corrected chi connectivity index (χ0v) is 8.71. The van der Waals surface area contributed by atoms with E-state index in [4.69, 9.17) is 5.11 Å². The molecule has 1 N–H and O–H groups in total. The van der Waals surface area contributed by atoms with E-state index in [2.05, 4.69) is 25.9 Å². The summed E-state index contributed by atoms with van der Waals surface area (Å²) in [6.45, 7) is 1.99. The van der Waals surface area contributed by atoms with Crippen molar-refractivity contribution in [3.63, 3.8) is 0 Å². The molecule has 4 nitrogen and oxygen atoms in total. The first-order valence-electron chi connectivity index (χ1n) is 3.90. The molecule has 0 radical (unpaired) electrons. The Morgan fingerprint density at radius 1 is 1.69 bits per heavy atom. The maximum Gasteiger partial charge on any atom is 0.355 e. The zero-order valence-electron chi connectivity index (χ0n) is 7.12. The summed E-state index contributed by atoms with van der Waals surface area (Å²) >= 11 is 3.08. The third kappa shape index (κ3) is 2.48. The van der Waals surface area contributed by atoms with E-state index in [0.717, 1.165) is 6.42 Å². The zero-order chi connectivity index (χ0) is 9.84. The van der Waals surface area contributed by atoms with Gasteiger partial charge in [0.2, 0.25) is 0 Å². The Hall–Kier alpha value is -0.970. The summed E-state index contributed by atoms with van der Waals surface area (Å²) in [4.78, 5) is 18.6. The largest absolute Gasteiger partial charge is 0.476 e. The van der Waals surface area contributed by atoms with Gasteiger partial charge in [-0.1, -0.05) is 6.92 Å². The second-order valence-electron chi connectivity index (χ2n) is 2.54. The van der Waals surface area contributed by atoms with Crippen LogP contribution in [0.15, 0.2) is 10.7 Å². The minimum Gasteiger partial charge on any atom is -0.476 e. The number of hydrogen-bond donors (Lipinski definition) is 1. The van der Waals surface area contributed by atoms with Gasteiger partial charge in [-0.3, -0.25) is 0 Å². The molecule has 0 aliphatic rings. The van der Waals surface area contributed by atoms with Gasteiger partial charge in [0.1, 0.15) is 5.82 Å². The number of aromatic nitrogens is 2. The molecule has 0 fully saturated rings. The third-order valence-corrected chi connectivity index (χ3v) is 2.05. The molecule has 13 heavy (non-hydrogen) atoms. The molecule has 0 unspecified atom stereocenters. The molecule has 1 aromatic heterocycles. The van der Waals surface area contributed by atoms with Crippen LogP contribution in [0.4, 0.5) is 0 Å². The molecular formula is C8H9BrN2O2. The fraction of sp³-hybridized carbons (Fsp3) is 0.375. The van der Waals surface area contributed by atoms with E-state index in [9.17, 15) is 4.79 Å². The molecule has 0 aliphatic carbocycles. The Labute approximate surface area is 84.2 Å².